The van der Waals surface area contributed by atoms with Crippen molar-refractivity contribution in [3.05, 3.63) is 64.4 Å². The summed E-state index contributed by atoms with van der Waals surface area (Å²) >= 11 is 0. The molecule has 3 rings (SSSR count). The van der Waals surface area contributed by atoms with Crippen molar-refractivity contribution in [1.29, 1.82) is 0 Å². The lowest BCUT2D eigenvalue weighted by Gasteiger charge is -2.36. The summed E-state index contributed by atoms with van der Waals surface area (Å²) in [7, 11) is -2.04. The van der Waals surface area contributed by atoms with Gasteiger partial charge in [0.05, 0.1) is 6.61 Å². The van der Waals surface area contributed by atoms with Crippen molar-refractivity contribution in [2.75, 3.05) is 0 Å². The molecular formula is C24H29F3N4O3Si. The number of aryl methyl sites for hydroxylation is 2. The minimum absolute atomic E-state index is 0.00679. The fourth-order valence-corrected chi connectivity index (χ4v) is 4.30. The molecule has 0 fully saturated rings. The number of alkyl halides is 3. The summed E-state index contributed by atoms with van der Waals surface area (Å²) in [5.74, 6) is -2.34. The van der Waals surface area contributed by atoms with Crippen molar-refractivity contribution in [1.82, 2.24) is 19.6 Å². The molecular weight excluding hydrogens is 477 g/mol. The van der Waals surface area contributed by atoms with Crippen LogP contribution in [0.25, 0.3) is 11.2 Å². The van der Waals surface area contributed by atoms with Crippen molar-refractivity contribution in [2.24, 2.45) is 0 Å². The first kappa shape index (κ1) is 26.5. The summed E-state index contributed by atoms with van der Waals surface area (Å²) in [6, 6.07) is 3.25. The van der Waals surface area contributed by atoms with Crippen molar-refractivity contribution in [2.45, 2.75) is 65.5 Å². The topological polar surface area (TPSA) is 89.6 Å². The molecule has 0 aliphatic rings. The third kappa shape index (κ3) is 5.45. The second kappa shape index (κ2) is 9.19. The summed E-state index contributed by atoms with van der Waals surface area (Å²) in [6.07, 6.45) is -0.911. The van der Waals surface area contributed by atoms with E-state index in [2.05, 4.69) is 49.0 Å². The van der Waals surface area contributed by atoms with Crippen molar-refractivity contribution in [3.8, 4) is 0 Å². The van der Waals surface area contributed by atoms with Crippen LogP contribution in [0.5, 0.6) is 0 Å². The number of rotatable bonds is 6. The van der Waals surface area contributed by atoms with Gasteiger partial charge in [-0.3, -0.25) is 9.38 Å². The van der Waals surface area contributed by atoms with E-state index in [0.29, 0.717) is 28.9 Å². The number of pyridine rings is 2. The smallest absolute Gasteiger partial charge is 0.452 e. The molecule has 0 radical (unpaired) electrons. The third-order valence-electron chi connectivity index (χ3n) is 6.53. The van der Waals surface area contributed by atoms with Crippen molar-refractivity contribution in [3.63, 3.8) is 0 Å². The Bertz CT molecular complexity index is 1310. The maximum absolute atomic E-state index is 13.3. The van der Waals surface area contributed by atoms with E-state index >= 15 is 0 Å². The van der Waals surface area contributed by atoms with Gasteiger partial charge in [0.1, 0.15) is 0 Å². The molecule has 0 bridgehead atoms. The first-order chi connectivity index (χ1) is 16.0. The van der Waals surface area contributed by atoms with E-state index in [9.17, 15) is 23.1 Å². The van der Waals surface area contributed by atoms with Gasteiger partial charge in [-0.25, -0.2) is 4.79 Å². The average molecular weight is 507 g/mol. The number of hydrogen-bond donors (Lipinski definition) is 1. The van der Waals surface area contributed by atoms with Gasteiger partial charge in [0.15, 0.2) is 14.0 Å². The minimum Gasteiger partial charge on any atom is -0.478 e. The van der Waals surface area contributed by atoms with Gasteiger partial charge in [0, 0.05) is 35.3 Å². The predicted molar refractivity (Wildman–Crippen MR) is 128 cm³/mol. The zero-order chi connectivity index (χ0) is 26.3. The van der Waals surface area contributed by atoms with E-state index in [-0.39, 0.29) is 10.7 Å². The van der Waals surface area contributed by atoms with Gasteiger partial charge in [-0.15, -0.1) is 10.2 Å². The van der Waals surface area contributed by atoms with Crippen LogP contribution in [0.1, 0.15) is 54.5 Å². The number of halogens is 3. The summed E-state index contributed by atoms with van der Waals surface area (Å²) in [5, 5.41) is 16.5. The molecule has 0 aliphatic heterocycles. The number of carboxylic acid groups (broad SMARTS) is 1. The van der Waals surface area contributed by atoms with Gasteiger partial charge in [-0.1, -0.05) is 20.8 Å². The van der Waals surface area contributed by atoms with E-state index in [1.54, 1.807) is 13.1 Å². The van der Waals surface area contributed by atoms with Gasteiger partial charge in [0.25, 0.3) is 0 Å². The van der Waals surface area contributed by atoms with Gasteiger partial charge < -0.3 is 9.53 Å². The molecule has 35 heavy (non-hydrogen) atoms. The molecule has 0 saturated carbocycles. The second-order valence-corrected chi connectivity index (χ2v) is 14.8. The Morgan fingerprint density at radius 3 is 2.43 bits per heavy atom. The molecule has 188 valence electrons. The standard InChI is InChI=1S/C24H29F3N4O3Si/c1-14-18(8-9-31-21(14)29-30-22(31)24(25,26)27)19(11-20(32)33)16-10-17(15(2)28-12-16)13-34-35(6,7)23(3,4)5/h8-12H,13H2,1-7H3,(H,32,33)/b19-11-. The fraction of sp³-hybridized carbons (Fsp3) is 0.417. The molecule has 3 aromatic rings. The van der Waals surface area contributed by atoms with Crippen LogP contribution >= 0.6 is 0 Å². The van der Waals surface area contributed by atoms with E-state index in [1.807, 2.05) is 13.0 Å². The molecule has 7 nitrogen and oxygen atoms in total. The summed E-state index contributed by atoms with van der Waals surface area (Å²) in [5.41, 5.74) is 3.15. The lowest BCUT2D eigenvalue weighted by atomic mass is 9.94. The quantitative estimate of drug-likeness (QED) is 0.336. The van der Waals surface area contributed by atoms with Crippen LogP contribution in [-0.2, 0) is 22.0 Å². The highest BCUT2D eigenvalue weighted by molar-refractivity contribution is 6.74. The third-order valence-corrected chi connectivity index (χ3v) is 11.0. The number of aliphatic carboxylic acids is 1. The zero-order valence-corrected chi connectivity index (χ0v) is 21.8. The number of fused-ring (bicyclic) bond motifs is 1. The lowest BCUT2D eigenvalue weighted by molar-refractivity contribution is -0.145. The predicted octanol–water partition coefficient (Wildman–Crippen LogP) is 5.80. The summed E-state index contributed by atoms with van der Waals surface area (Å²) in [4.78, 5) is 16.1. The Hall–Kier alpha value is -3.05. The Labute approximate surface area is 202 Å². The molecule has 0 aromatic carbocycles. The van der Waals surface area contributed by atoms with Crippen LogP contribution < -0.4 is 0 Å². The highest BCUT2D eigenvalue weighted by Crippen LogP contribution is 2.37. The Morgan fingerprint density at radius 1 is 1.20 bits per heavy atom. The highest BCUT2D eigenvalue weighted by atomic mass is 28.4. The van der Waals surface area contributed by atoms with Crippen molar-refractivity contribution < 1.29 is 27.5 Å². The monoisotopic (exact) mass is 506 g/mol. The van der Waals surface area contributed by atoms with Gasteiger partial charge in [-0.2, -0.15) is 13.2 Å². The van der Waals surface area contributed by atoms with Gasteiger partial charge >= 0.3 is 12.1 Å². The maximum atomic E-state index is 13.3. The first-order valence-corrected chi connectivity index (χ1v) is 13.9. The van der Waals surface area contributed by atoms with Crippen LogP contribution in [0.3, 0.4) is 0 Å². The van der Waals surface area contributed by atoms with Gasteiger partial charge in [0.2, 0.25) is 5.82 Å². The van der Waals surface area contributed by atoms with Crippen LogP contribution in [-0.4, -0.2) is 39.0 Å². The molecule has 3 aromatic heterocycles. The molecule has 3 heterocycles. The second-order valence-electron chi connectivity index (χ2n) is 9.98. The van der Waals surface area contributed by atoms with Crippen LogP contribution in [0.2, 0.25) is 18.1 Å². The average Bonchev–Trinajstić information content (AvgIpc) is 3.17. The molecule has 0 atom stereocenters. The maximum Gasteiger partial charge on any atom is 0.452 e. The Kier molecular flexibility index (Phi) is 6.97. The number of aromatic nitrogens is 4. The molecule has 0 saturated heterocycles. The van der Waals surface area contributed by atoms with Crippen LogP contribution in [0.4, 0.5) is 13.2 Å². The van der Waals surface area contributed by atoms with Gasteiger partial charge in [-0.05, 0) is 60.8 Å². The van der Waals surface area contributed by atoms with Crippen molar-refractivity contribution >= 4 is 25.5 Å². The molecule has 11 heteroatoms. The molecule has 0 unspecified atom stereocenters. The number of nitrogens with zero attached hydrogens (tertiary/aromatic N) is 4. The van der Waals surface area contributed by atoms with Crippen LogP contribution in [0.15, 0.2) is 30.6 Å². The van der Waals surface area contributed by atoms with E-state index in [0.717, 1.165) is 21.7 Å². The van der Waals surface area contributed by atoms with E-state index < -0.39 is 26.3 Å². The zero-order valence-electron chi connectivity index (χ0n) is 20.8. The summed E-state index contributed by atoms with van der Waals surface area (Å²) < 4.78 is 47.0. The molecule has 0 spiro atoms. The summed E-state index contributed by atoms with van der Waals surface area (Å²) in [6.45, 7) is 14.5. The number of hydrogen-bond acceptors (Lipinski definition) is 5. The fourth-order valence-electron chi connectivity index (χ4n) is 3.35. The van der Waals surface area contributed by atoms with E-state index in [1.165, 1.54) is 12.3 Å². The number of carboxylic acids is 1. The van der Waals surface area contributed by atoms with E-state index in [4.69, 9.17) is 4.43 Å². The Morgan fingerprint density at radius 2 is 1.86 bits per heavy atom. The lowest BCUT2D eigenvalue weighted by Crippen LogP contribution is -2.40. The normalized spacial score (nSPS) is 13.5. The highest BCUT2D eigenvalue weighted by Gasteiger charge is 2.38. The first-order valence-electron chi connectivity index (χ1n) is 11.0. The SMILES string of the molecule is Cc1ncc(/C(=C/C(=O)O)c2ccn3c(C(F)(F)F)nnc3c2C)cc1CO[Si](C)(C)C(C)(C)C. The molecule has 1 N–H and O–H groups in total. The molecule has 0 amide bonds. The minimum atomic E-state index is -4.67. The Balaban J connectivity index is 2.09. The molecule has 0 aliphatic carbocycles. The van der Waals surface area contributed by atoms with Crippen LogP contribution in [0, 0.1) is 13.8 Å². The largest absolute Gasteiger partial charge is 0.478 e. The number of carbonyl (C=O) groups is 1.